The summed E-state index contributed by atoms with van der Waals surface area (Å²) >= 11 is 6.13. The number of nitrogens with zero attached hydrogens (tertiary/aromatic N) is 2. The second-order valence-corrected chi connectivity index (χ2v) is 7.65. The number of hydrogen-bond acceptors (Lipinski definition) is 3. The molecule has 0 saturated carbocycles. The molecule has 0 fully saturated rings. The van der Waals surface area contributed by atoms with Gasteiger partial charge < -0.3 is 9.64 Å². The lowest BCUT2D eigenvalue weighted by Crippen LogP contribution is -2.38. The molecule has 1 aliphatic rings. The molecule has 0 radical (unpaired) electrons. The van der Waals surface area contributed by atoms with Gasteiger partial charge in [0.2, 0.25) is 0 Å². The van der Waals surface area contributed by atoms with Gasteiger partial charge in [0.25, 0.3) is 5.91 Å². The molecule has 0 saturated heterocycles. The maximum Gasteiger partial charge on any atom is 0.260 e. The van der Waals surface area contributed by atoms with E-state index in [0.717, 1.165) is 45.8 Å². The summed E-state index contributed by atoms with van der Waals surface area (Å²) in [6.45, 7) is 5.23. The van der Waals surface area contributed by atoms with Crippen molar-refractivity contribution in [2.75, 3.05) is 13.2 Å². The monoisotopic (exact) mass is 395 g/mol. The minimum atomic E-state index is -0.0250. The van der Waals surface area contributed by atoms with Crippen molar-refractivity contribution in [2.45, 2.75) is 26.8 Å². The minimum absolute atomic E-state index is 0.0250. The van der Waals surface area contributed by atoms with Gasteiger partial charge in [0.15, 0.2) is 6.61 Å². The Morgan fingerprint density at radius 3 is 2.75 bits per heavy atom. The third-order valence-electron chi connectivity index (χ3n) is 4.94. The zero-order valence-corrected chi connectivity index (χ0v) is 16.7. The van der Waals surface area contributed by atoms with Crippen LogP contribution in [0.25, 0.3) is 11.3 Å². The van der Waals surface area contributed by atoms with E-state index in [1.807, 2.05) is 55.1 Å². The number of H-pyrrole nitrogens is 1. The van der Waals surface area contributed by atoms with Crippen LogP contribution in [-0.4, -0.2) is 34.2 Å². The van der Waals surface area contributed by atoms with Crippen LogP contribution < -0.4 is 4.74 Å². The standard InChI is InChI=1S/C22H22ClN3O2/c1-14-8-15(2)10-18(9-14)28-13-21(27)26-7-6-20-19(12-26)22(25-24-20)16-4-3-5-17(23)11-16/h3-5,8-11H,6-7,12-13H2,1-2H3,(H,24,25). The molecule has 1 N–H and O–H groups in total. The molecular weight excluding hydrogens is 374 g/mol. The first kappa shape index (κ1) is 18.6. The predicted molar refractivity (Wildman–Crippen MR) is 110 cm³/mol. The van der Waals surface area contributed by atoms with Crippen LogP contribution in [0.3, 0.4) is 0 Å². The van der Waals surface area contributed by atoms with Crippen molar-refractivity contribution >= 4 is 17.5 Å². The van der Waals surface area contributed by atoms with Crippen LogP contribution >= 0.6 is 11.6 Å². The van der Waals surface area contributed by atoms with E-state index < -0.39 is 0 Å². The molecule has 3 aromatic rings. The van der Waals surface area contributed by atoms with E-state index in [4.69, 9.17) is 16.3 Å². The molecule has 0 bridgehead atoms. The number of hydrogen-bond donors (Lipinski definition) is 1. The highest BCUT2D eigenvalue weighted by atomic mass is 35.5. The molecule has 28 heavy (non-hydrogen) atoms. The zero-order valence-electron chi connectivity index (χ0n) is 16.0. The molecule has 2 heterocycles. The first-order chi connectivity index (χ1) is 13.5. The van der Waals surface area contributed by atoms with Crippen LogP contribution in [0.4, 0.5) is 0 Å². The third-order valence-corrected chi connectivity index (χ3v) is 5.18. The van der Waals surface area contributed by atoms with Crippen molar-refractivity contribution in [1.82, 2.24) is 15.1 Å². The number of carbonyl (C=O) groups is 1. The van der Waals surface area contributed by atoms with E-state index >= 15 is 0 Å². The highest BCUT2D eigenvalue weighted by Crippen LogP contribution is 2.29. The van der Waals surface area contributed by atoms with Gasteiger partial charge in [-0.15, -0.1) is 0 Å². The maximum atomic E-state index is 12.7. The smallest absolute Gasteiger partial charge is 0.260 e. The molecule has 144 valence electrons. The number of amides is 1. The van der Waals surface area contributed by atoms with E-state index in [0.29, 0.717) is 18.1 Å². The van der Waals surface area contributed by atoms with Crippen molar-refractivity contribution in [3.8, 4) is 17.0 Å². The number of halogens is 1. The summed E-state index contributed by atoms with van der Waals surface area (Å²) in [5, 5.41) is 8.24. The van der Waals surface area contributed by atoms with Crippen LogP contribution in [0.15, 0.2) is 42.5 Å². The Morgan fingerprint density at radius 2 is 2.00 bits per heavy atom. The Labute approximate surface area is 169 Å². The van der Waals surface area contributed by atoms with Crippen molar-refractivity contribution in [2.24, 2.45) is 0 Å². The predicted octanol–water partition coefficient (Wildman–Crippen LogP) is 4.31. The summed E-state index contributed by atoms with van der Waals surface area (Å²) in [5.41, 5.74) is 6.17. The largest absolute Gasteiger partial charge is 0.484 e. The summed E-state index contributed by atoms with van der Waals surface area (Å²) in [6, 6.07) is 13.6. The van der Waals surface area contributed by atoms with Crippen LogP contribution in [0.5, 0.6) is 5.75 Å². The van der Waals surface area contributed by atoms with Gasteiger partial charge in [0, 0.05) is 41.4 Å². The normalized spacial score (nSPS) is 13.3. The molecule has 0 spiro atoms. The number of aromatic nitrogens is 2. The van der Waals surface area contributed by atoms with Gasteiger partial charge in [0.05, 0.1) is 5.69 Å². The molecule has 1 aliphatic heterocycles. The number of fused-ring (bicyclic) bond motifs is 1. The summed E-state index contributed by atoms with van der Waals surface area (Å²) < 4.78 is 5.75. The fourth-order valence-corrected chi connectivity index (χ4v) is 3.83. The summed E-state index contributed by atoms with van der Waals surface area (Å²) in [5.74, 6) is 0.703. The molecule has 5 nitrogen and oxygen atoms in total. The quantitative estimate of drug-likeness (QED) is 0.716. The Balaban J connectivity index is 1.47. The average Bonchev–Trinajstić information content (AvgIpc) is 3.08. The van der Waals surface area contributed by atoms with Gasteiger partial charge >= 0.3 is 0 Å². The molecule has 0 atom stereocenters. The highest BCUT2D eigenvalue weighted by molar-refractivity contribution is 6.30. The van der Waals surface area contributed by atoms with Crippen molar-refractivity contribution in [3.05, 3.63) is 69.9 Å². The third kappa shape index (κ3) is 3.90. The topological polar surface area (TPSA) is 58.2 Å². The first-order valence-electron chi connectivity index (χ1n) is 9.30. The molecule has 2 aromatic carbocycles. The highest BCUT2D eigenvalue weighted by Gasteiger charge is 2.26. The molecular formula is C22H22ClN3O2. The molecule has 1 amide bonds. The van der Waals surface area contributed by atoms with E-state index in [1.165, 1.54) is 0 Å². The Morgan fingerprint density at radius 1 is 1.21 bits per heavy atom. The summed E-state index contributed by atoms with van der Waals surface area (Å²) in [4.78, 5) is 14.6. The van der Waals surface area contributed by atoms with Crippen molar-refractivity contribution in [1.29, 1.82) is 0 Å². The average molecular weight is 396 g/mol. The number of carbonyl (C=O) groups excluding carboxylic acids is 1. The van der Waals surface area contributed by atoms with Crippen molar-refractivity contribution in [3.63, 3.8) is 0 Å². The van der Waals surface area contributed by atoms with Gasteiger partial charge in [0.1, 0.15) is 5.75 Å². The van der Waals surface area contributed by atoms with E-state index in [2.05, 4.69) is 16.3 Å². The number of rotatable bonds is 4. The summed E-state index contributed by atoms with van der Waals surface area (Å²) in [7, 11) is 0. The zero-order chi connectivity index (χ0) is 19.7. The second kappa shape index (κ2) is 7.68. The number of aryl methyl sites for hydroxylation is 2. The molecule has 4 rings (SSSR count). The Hall–Kier alpha value is -2.79. The Bertz CT molecular complexity index is 1010. The van der Waals surface area contributed by atoms with Crippen molar-refractivity contribution < 1.29 is 9.53 Å². The fraction of sp³-hybridized carbons (Fsp3) is 0.273. The van der Waals surface area contributed by atoms with E-state index in [9.17, 15) is 4.79 Å². The van der Waals surface area contributed by atoms with Gasteiger partial charge in [-0.05, 0) is 49.2 Å². The van der Waals surface area contributed by atoms with Gasteiger partial charge in [-0.3, -0.25) is 9.89 Å². The SMILES string of the molecule is Cc1cc(C)cc(OCC(=O)N2CCc3[nH]nc(-c4cccc(Cl)c4)c3C2)c1. The molecule has 6 heteroatoms. The minimum Gasteiger partial charge on any atom is -0.484 e. The lowest BCUT2D eigenvalue weighted by atomic mass is 10.0. The molecule has 0 unspecified atom stereocenters. The van der Waals surface area contributed by atoms with Gasteiger partial charge in [-0.2, -0.15) is 5.10 Å². The van der Waals surface area contributed by atoms with E-state index in [1.54, 1.807) is 0 Å². The second-order valence-electron chi connectivity index (χ2n) is 7.22. The lowest BCUT2D eigenvalue weighted by Gasteiger charge is -2.27. The summed E-state index contributed by atoms with van der Waals surface area (Å²) in [6.07, 6.45) is 0.748. The van der Waals surface area contributed by atoms with Crippen LogP contribution in [-0.2, 0) is 17.8 Å². The first-order valence-corrected chi connectivity index (χ1v) is 9.68. The number of nitrogens with one attached hydrogen (secondary N) is 1. The fourth-order valence-electron chi connectivity index (χ4n) is 3.64. The van der Waals surface area contributed by atoms with Crippen LogP contribution in [0.2, 0.25) is 5.02 Å². The van der Waals surface area contributed by atoms with Crippen LogP contribution in [0.1, 0.15) is 22.4 Å². The Kier molecular flexibility index (Phi) is 5.09. The number of benzene rings is 2. The maximum absolute atomic E-state index is 12.7. The molecule has 1 aromatic heterocycles. The van der Waals surface area contributed by atoms with Gasteiger partial charge in [-0.1, -0.05) is 29.8 Å². The lowest BCUT2D eigenvalue weighted by molar-refractivity contribution is -0.134. The van der Waals surface area contributed by atoms with Gasteiger partial charge in [-0.25, -0.2) is 0 Å². The van der Waals surface area contributed by atoms with E-state index in [-0.39, 0.29) is 12.5 Å². The molecule has 0 aliphatic carbocycles. The number of aromatic amines is 1. The number of ether oxygens (including phenoxy) is 1. The van der Waals surface area contributed by atoms with Crippen LogP contribution in [0, 0.1) is 13.8 Å².